The van der Waals surface area contributed by atoms with Crippen molar-refractivity contribution in [3.05, 3.63) is 101 Å². The van der Waals surface area contributed by atoms with Gasteiger partial charge in [0.15, 0.2) is 6.10 Å². The molecular weight excluding hydrogens is 424 g/mol. The molecular formula is C29H32N2O3. The molecule has 2 atom stereocenters. The van der Waals surface area contributed by atoms with Crippen LogP contribution in [-0.4, -0.2) is 35.4 Å². The highest BCUT2D eigenvalue weighted by Crippen LogP contribution is 2.38. The van der Waals surface area contributed by atoms with Crippen molar-refractivity contribution >= 4 is 11.8 Å². The highest BCUT2D eigenvalue weighted by atomic mass is 16.5. The van der Waals surface area contributed by atoms with E-state index in [9.17, 15) is 9.59 Å². The van der Waals surface area contributed by atoms with Crippen molar-refractivity contribution < 1.29 is 14.3 Å². The van der Waals surface area contributed by atoms with Gasteiger partial charge in [0.25, 0.3) is 11.8 Å². The fraction of sp³-hybridized carbons (Fsp3) is 0.310. The second kappa shape index (κ2) is 10.1. The predicted octanol–water partition coefficient (Wildman–Crippen LogP) is 5.07. The molecule has 3 aromatic rings. The molecule has 5 heteroatoms. The van der Waals surface area contributed by atoms with Crippen LogP contribution in [0.5, 0.6) is 5.75 Å². The number of aryl methyl sites for hydroxylation is 1. The molecule has 4 rings (SSSR count). The molecule has 0 saturated carbocycles. The van der Waals surface area contributed by atoms with E-state index >= 15 is 0 Å². The van der Waals surface area contributed by atoms with E-state index in [4.69, 9.17) is 4.74 Å². The van der Waals surface area contributed by atoms with Crippen molar-refractivity contribution in [2.75, 3.05) is 6.54 Å². The molecule has 0 fully saturated rings. The van der Waals surface area contributed by atoms with Crippen molar-refractivity contribution in [3.63, 3.8) is 0 Å². The number of nitrogens with zero attached hydrogens (tertiary/aromatic N) is 1. The zero-order valence-corrected chi connectivity index (χ0v) is 20.2. The lowest BCUT2D eigenvalue weighted by Gasteiger charge is -2.38. The van der Waals surface area contributed by atoms with E-state index in [1.165, 1.54) is 5.56 Å². The van der Waals surface area contributed by atoms with E-state index in [1.54, 1.807) is 6.92 Å². The summed E-state index contributed by atoms with van der Waals surface area (Å²) in [7, 11) is 0. The molecule has 0 aliphatic carbocycles. The number of benzene rings is 3. The van der Waals surface area contributed by atoms with E-state index in [-0.39, 0.29) is 23.9 Å². The van der Waals surface area contributed by atoms with Crippen LogP contribution < -0.4 is 10.1 Å². The summed E-state index contributed by atoms with van der Waals surface area (Å²) in [5.41, 5.74) is 5.11. The first-order valence-electron chi connectivity index (χ1n) is 11.9. The van der Waals surface area contributed by atoms with Gasteiger partial charge in [-0.1, -0.05) is 54.1 Å². The topological polar surface area (TPSA) is 58.6 Å². The first-order valence-corrected chi connectivity index (χ1v) is 11.9. The van der Waals surface area contributed by atoms with E-state index in [1.807, 2.05) is 67.3 Å². The summed E-state index contributed by atoms with van der Waals surface area (Å²) in [6.45, 7) is 8.29. The highest BCUT2D eigenvalue weighted by molar-refractivity contribution is 5.95. The van der Waals surface area contributed by atoms with E-state index < -0.39 is 6.10 Å². The average Bonchev–Trinajstić information content (AvgIpc) is 2.83. The van der Waals surface area contributed by atoms with Gasteiger partial charge in [-0.2, -0.15) is 0 Å². The molecule has 2 amide bonds. The van der Waals surface area contributed by atoms with Gasteiger partial charge in [-0.05, 0) is 75.1 Å². The van der Waals surface area contributed by atoms with Gasteiger partial charge in [-0.25, -0.2) is 0 Å². The van der Waals surface area contributed by atoms with Crippen LogP contribution in [0.25, 0.3) is 0 Å². The number of rotatable bonds is 6. The van der Waals surface area contributed by atoms with Gasteiger partial charge in [-0.15, -0.1) is 0 Å². The lowest BCUT2D eigenvalue weighted by Crippen LogP contribution is -2.41. The van der Waals surface area contributed by atoms with E-state index in [2.05, 4.69) is 36.5 Å². The van der Waals surface area contributed by atoms with Gasteiger partial charge in [-0.3, -0.25) is 9.59 Å². The minimum Gasteiger partial charge on any atom is -0.481 e. The molecule has 0 aromatic heterocycles. The Morgan fingerprint density at radius 1 is 0.971 bits per heavy atom. The van der Waals surface area contributed by atoms with Crippen LogP contribution in [0.3, 0.4) is 0 Å². The molecule has 5 nitrogen and oxygen atoms in total. The van der Waals surface area contributed by atoms with Crippen molar-refractivity contribution in [1.29, 1.82) is 0 Å². The summed E-state index contributed by atoms with van der Waals surface area (Å²) in [5, 5.41) is 2.89. The zero-order chi connectivity index (χ0) is 24.2. The van der Waals surface area contributed by atoms with Crippen LogP contribution >= 0.6 is 0 Å². The van der Waals surface area contributed by atoms with Gasteiger partial charge in [0.2, 0.25) is 0 Å². The van der Waals surface area contributed by atoms with E-state index in [0.717, 1.165) is 23.1 Å². The molecule has 34 heavy (non-hydrogen) atoms. The largest absolute Gasteiger partial charge is 0.481 e. The van der Waals surface area contributed by atoms with Gasteiger partial charge in [0, 0.05) is 18.2 Å². The van der Waals surface area contributed by atoms with E-state index in [0.29, 0.717) is 17.9 Å². The first kappa shape index (κ1) is 23.6. The number of carbonyl (C=O) groups is 2. The standard InChI is InChI=1S/C29H32N2O3/c1-19(2)30-28(32)21(4)34-25-14-13-22-15-16-31(29(33)23-10-6-5-7-11-23)27(26(22)18-25)24-12-8-9-20(3)17-24/h5-14,17-19,21,27H,15-16H2,1-4H3,(H,30,32)/t21-,27+/m0/s1. The Hall–Kier alpha value is -3.60. The fourth-order valence-corrected chi connectivity index (χ4v) is 4.49. The zero-order valence-electron chi connectivity index (χ0n) is 20.2. The van der Waals surface area contributed by atoms with Crippen LogP contribution in [0.4, 0.5) is 0 Å². The average molecular weight is 457 g/mol. The summed E-state index contributed by atoms with van der Waals surface area (Å²) in [4.78, 5) is 27.9. The summed E-state index contributed by atoms with van der Waals surface area (Å²) in [6.07, 6.45) is 0.142. The molecule has 1 N–H and O–H groups in total. The molecule has 1 aliphatic rings. The maximum atomic E-state index is 13.6. The molecule has 3 aromatic carbocycles. The second-order valence-electron chi connectivity index (χ2n) is 9.22. The maximum Gasteiger partial charge on any atom is 0.260 e. The van der Waals surface area contributed by atoms with Crippen molar-refractivity contribution in [2.24, 2.45) is 0 Å². The maximum absolute atomic E-state index is 13.6. The summed E-state index contributed by atoms with van der Waals surface area (Å²) >= 11 is 0. The number of carbonyl (C=O) groups excluding carboxylic acids is 2. The molecule has 0 bridgehead atoms. The second-order valence-corrected chi connectivity index (χ2v) is 9.22. The van der Waals surface area contributed by atoms with Crippen LogP contribution in [0, 0.1) is 6.92 Å². The third-order valence-electron chi connectivity index (χ3n) is 6.10. The normalized spacial score (nSPS) is 16.0. The Morgan fingerprint density at radius 2 is 1.74 bits per heavy atom. The van der Waals surface area contributed by atoms with Crippen LogP contribution in [0.1, 0.15) is 59.4 Å². The summed E-state index contributed by atoms with van der Waals surface area (Å²) in [6, 6.07) is 23.5. The lowest BCUT2D eigenvalue weighted by molar-refractivity contribution is -0.127. The molecule has 0 spiro atoms. The monoisotopic (exact) mass is 456 g/mol. The Balaban J connectivity index is 1.72. The van der Waals surface area contributed by atoms with Gasteiger partial charge >= 0.3 is 0 Å². The molecule has 176 valence electrons. The minimum atomic E-state index is -0.622. The van der Waals surface area contributed by atoms with Crippen molar-refractivity contribution in [3.8, 4) is 5.75 Å². The number of fused-ring (bicyclic) bond motifs is 1. The Labute approximate surface area is 201 Å². The van der Waals surface area contributed by atoms with Gasteiger partial charge < -0.3 is 15.0 Å². The SMILES string of the molecule is Cc1cccc([C@@H]2c3cc(O[C@@H](C)C(=O)NC(C)C)ccc3CCN2C(=O)c2ccccc2)c1. The fourth-order valence-electron chi connectivity index (χ4n) is 4.49. The third-order valence-corrected chi connectivity index (χ3v) is 6.10. The molecule has 1 aliphatic heterocycles. The summed E-state index contributed by atoms with van der Waals surface area (Å²) in [5.74, 6) is 0.481. The van der Waals surface area contributed by atoms with Crippen molar-refractivity contribution in [2.45, 2.75) is 52.3 Å². The van der Waals surface area contributed by atoms with Gasteiger partial charge in [0.05, 0.1) is 6.04 Å². The third kappa shape index (κ3) is 5.14. The number of amides is 2. The van der Waals surface area contributed by atoms with Gasteiger partial charge in [0.1, 0.15) is 5.75 Å². The quantitative estimate of drug-likeness (QED) is 0.563. The van der Waals surface area contributed by atoms with Crippen molar-refractivity contribution in [1.82, 2.24) is 10.2 Å². The summed E-state index contributed by atoms with van der Waals surface area (Å²) < 4.78 is 6.02. The number of hydrogen-bond acceptors (Lipinski definition) is 3. The molecule has 0 unspecified atom stereocenters. The number of hydrogen-bond donors (Lipinski definition) is 1. The van der Waals surface area contributed by atoms with Crippen LogP contribution in [0.2, 0.25) is 0 Å². The number of ether oxygens (including phenoxy) is 1. The Bertz CT molecular complexity index is 1170. The lowest BCUT2D eigenvalue weighted by atomic mass is 9.87. The molecule has 1 heterocycles. The molecule has 0 saturated heterocycles. The highest BCUT2D eigenvalue weighted by Gasteiger charge is 2.33. The minimum absolute atomic E-state index is 0.00811. The smallest absolute Gasteiger partial charge is 0.260 e. The number of nitrogens with one attached hydrogen (secondary N) is 1. The Morgan fingerprint density at radius 3 is 2.44 bits per heavy atom. The van der Waals surface area contributed by atoms with Crippen LogP contribution in [-0.2, 0) is 11.2 Å². The predicted molar refractivity (Wildman–Crippen MR) is 134 cm³/mol. The molecule has 0 radical (unpaired) electrons. The van der Waals surface area contributed by atoms with Crippen LogP contribution in [0.15, 0.2) is 72.8 Å². The Kier molecular flexibility index (Phi) is 7.01. The first-order chi connectivity index (χ1) is 16.3.